The fraction of sp³-hybridized carbons (Fsp3) is 0.778. The van der Waals surface area contributed by atoms with Crippen LogP contribution >= 0.6 is 0 Å². The van der Waals surface area contributed by atoms with Crippen molar-refractivity contribution in [3.05, 3.63) is 24.3 Å². The molecule has 7 rings (SSSR count). The Bertz CT molecular complexity index is 457. The zero-order valence-electron chi connectivity index (χ0n) is 12.2. The lowest BCUT2D eigenvalue weighted by molar-refractivity contribution is -0.117. The monoisotopic (exact) mass is 288 g/mol. The molecular weight excluding hydrogens is 264 g/mol. The second-order valence-corrected chi connectivity index (χ2v) is 7.79. The minimum Gasteiger partial charge on any atom is -0.396 e. The zero-order chi connectivity index (χ0) is 14.1. The summed E-state index contributed by atoms with van der Waals surface area (Å²) >= 11 is 0. The van der Waals surface area contributed by atoms with E-state index in [0.29, 0.717) is 47.3 Å². The molecule has 3 heteroatoms. The average Bonchev–Trinajstić information content (AvgIpc) is 3.05. The van der Waals surface area contributed by atoms with E-state index >= 15 is 0 Å². The molecule has 0 amide bonds. The number of ether oxygens (including phenoxy) is 1. The molecule has 4 bridgehead atoms. The number of allylic oxidation sites excluding steroid dienone is 4. The lowest BCUT2D eigenvalue weighted by Gasteiger charge is -2.63. The number of rotatable bonds is 2. The van der Waals surface area contributed by atoms with Gasteiger partial charge in [0, 0.05) is 13.2 Å². The van der Waals surface area contributed by atoms with Gasteiger partial charge in [0.15, 0.2) is 0 Å². The molecule has 1 heterocycles. The van der Waals surface area contributed by atoms with Crippen LogP contribution in [-0.2, 0) is 4.74 Å². The zero-order valence-corrected chi connectivity index (χ0v) is 12.2. The van der Waals surface area contributed by atoms with E-state index in [4.69, 9.17) is 4.74 Å². The quantitative estimate of drug-likeness (QED) is 0.754. The molecule has 10 atom stereocenters. The molecule has 1 aliphatic heterocycles. The maximum absolute atomic E-state index is 9.87. The van der Waals surface area contributed by atoms with Gasteiger partial charge >= 0.3 is 0 Å². The van der Waals surface area contributed by atoms with Gasteiger partial charge < -0.3 is 14.9 Å². The molecule has 0 radical (unpaired) electrons. The molecule has 7 aliphatic rings. The summed E-state index contributed by atoms with van der Waals surface area (Å²) in [7, 11) is 0. The van der Waals surface area contributed by atoms with E-state index in [1.807, 2.05) is 0 Å². The van der Waals surface area contributed by atoms with Crippen LogP contribution in [0, 0.1) is 59.2 Å². The lowest BCUT2D eigenvalue weighted by Crippen LogP contribution is -2.61. The van der Waals surface area contributed by atoms with Crippen LogP contribution in [0.25, 0.3) is 0 Å². The lowest BCUT2D eigenvalue weighted by atomic mass is 9.41. The van der Waals surface area contributed by atoms with Gasteiger partial charge in [-0.1, -0.05) is 24.3 Å². The summed E-state index contributed by atoms with van der Waals surface area (Å²) in [4.78, 5) is 0. The van der Waals surface area contributed by atoms with Crippen LogP contribution in [0.1, 0.15) is 0 Å². The fourth-order valence-corrected chi connectivity index (χ4v) is 6.74. The summed E-state index contributed by atoms with van der Waals surface area (Å²) in [5.41, 5.74) is 0. The molecule has 114 valence electrons. The molecule has 0 aromatic rings. The fourth-order valence-electron chi connectivity index (χ4n) is 6.74. The van der Waals surface area contributed by atoms with E-state index in [2.05, 4.69) is 24.3 Å². The molecule has 6 aliphatic carbocycles. The largest absolute Gasteiger partial charge is 0.396 e. The first kappa shape index (κ1) is 12.9. The summed E-state index contributed by atoms with van der Waals surface area (Å²) in [6, 6.07) is 0. The molecule has 0 spiro atoms. The molecule has 3 fully saturated rings. The third kappa shape index (κ3) is 1.45. The SMILES string of the molecule is OCC1C(CO)[C@@H]2C=C[C@H]1C1C2[C@@H]2C=C[C@H]1C1COCC12. The van der Waals surface area contributed by atoms with Gasteiger partial charge in [-0.05, 0) is 59.2 Å². The van der Waals surface area contributed by atoms with Crippen molar-refractivity contribution in [2.45, 2.75) is 0 Å². The summed E-state index contributed by atoms with van der Waals surface area (Å²) in [5, 5.41) is 19.7. The van der Waals surface area contributed by atoms with Crippen molar-refractivity contribution in [3.63, 3.8) is 0 Å². The maximum atomic E-state index is 9.87. The van der Waals surface area contributed by atoms with Crippen LogP contribution in [0.3, 0.4) is 0 Å². The Morgan fingerprint density at radius 2 is 1.14 bits per heavy atom. The van der Waals surface area contributed by atoms with E-state index in [1.54, 1.807) is 0 Å². The normalized spacial score (nSPS) is 59.3. The highest BCUT2D eigenvalue weighted by Gasteiger charge is 2.62. The van der Waals surface area contributed by atoms with E-state index in [-0.39, 0.29) is 25.0 Å². The van der Waals surface area contributed by atoms with Crippen molar-refractivity contribution in [1.29, 1.82) is 0 Å². The molecule has 2 saturated carbocycles. The van der Waals surface area contributed by atoms with Crippen molar-refractivity contribution < 1.29 is 14.9 Å². The molecule has 3 nitrogen and oxygen atoms in total. The van der Waals surface area contributed by atoms with Gasteiger partial charge in [0.25, 0.3) is 0 Å². The van der Waals surface area contributed by atoms with E-state index in [1.165, 1.54) is 0 Å². The van der Waals surface area contributed by atoms with Crippen LogP contribution in [0.4, 0.5) is 0 Å². The Morgan fingerprint density at radius 3 is 1.57 bits per heavy atom. The van der Waals surface area contributed by atoms with Crippen molar-refractivity contribution in [3.8, 4) is 0 Å². The van der Waals surface area contributed by atoms with E-state index in [0.717, 1.165) is 13.2 Å². The van der Waals surface area contributed by atoms with Crippen molar-refractivity contribution in [2.24, 2.45) is 59.2 Å². The Balaban J connectivity index is 1.60. The molecule has 0 aromatic heterocycles. The molecule has 21 heavy (non-hydrogen) atoms. The van der Waals surface area contributed by atoms with Gasteiger partial charge in [0.1, 0.15) is 0 Å². The van der Waals surface area contributed by atoms with Crippen LogP contribution in [0.15, 0.2) is 24.3 Å². The first-order valence-electron chi connectivity index (χ1n) is 8.51. The minimum absolute atomic E-state index is 0.214. The van der Waals surface area contributed by atoms with Gasteiger partial charge in [0.05, 0.1) is 13.2 Å². The maximum Gasteiger partial charge on any atom is 0.0503 e. The van der Waals surface area contributed by atoms with Crippen molar-refractivity contribution >= 4 is 0 Å². The average molecular weight is 288 g/mol. The Hall–Kier alpha value is -0.640. The highest BCUT2D eigenvalue weighted by molar-refractivity contribution is 5.26. The first-order valence-corrected chi connectivity index (χ1v) is 8.51. The van der Waals surface area contributed by atoms with Gasteiger partial charge in [-0.3, -0.25) is 0 Å². The Morgan fingerprint density at radius 1 is 0.714 bits per heavy atom. The smallest absolute Gasteiger partial charge is 0.0503 e. The summed E-state index contributed by atoms with van der Waals surface area (Å²) < 4.78 is 5.82. The first-order chi connectivity index (χ1) is 10.3. The number of aliphatic hydroxyl groups excluding tert-OH is 2. The minimum atomic E-state index is 0.214. The second-order valence-electron chi connectivity index (χ2n) is 7.79. The predicted molar refractivity (Wildman–Crippen MR) is 78.2 cm³/mol. The Labute approximate surface area is 125 Å². The molecule has 2 N–H and O–H groups in total. The molecule has 0 aromatic carbocycles. The second kappa shape index (κ2) is 4.43. The third-order valence-electron chi connectivity index (χ3n) is 7.45. The molecule has 1 saturated heterocycles. The molecular formula is C18H24O3. The van der Waals surface area contributed by atoms with Crippen LogP contribution in [0.2, 0.25) is 0 Å². The van der Waals surface area contributed by atoms with Gasteiger partial charge in [-0.15, -0.1) is 0 Å². The van der Waals surface area contributed by atoms with Crippen LogP contribution in [0.5, 0.6) is 0 Å². The summed E-state index contributed by atoms with van der Waals surface area (Å²) in [6.07, 6.45) is 9.63. The van der Waals surface area contributed by atoms with Crippen molar-refractivity contribution in [1.82, 2.24) is 0 Å². The predicted octanol–water partition coefficient (Wildman–Crippen LogP) is 1.33. The highest BCUT2D eigenvalue weighted by Crippen LogP contribution is 2.64. The van der Waals surface area contributed by atoms with Crippen LogP contribution in [-0.4, -0.2) is 36.6 Å². The van der Waals surface area contributed by atoms with Crippen molar-refractivity contribution in [2.75, 3.05) is 26.4 Å². The Kier molecular flexibility index (Phi) is 2.72. The molecule has 6 unspecified atom stereocenters. The highest BCUT2D eigenvalue weighted by atomic mass is 16.5. The third-order valence-corrected chi connectivity index (χ3v) is 7.45. The van der Waals surface area contributed by atoms with Gasteiger partial charge in [-0.25, -0.2) is 0 Å². The summed E-state index contributed by atoms with van der Waals surface area (Å²) in [5.74, 6) is 5.36. The topological polar surface area (TPSA) is 49.7 Å². The van der Waals surface area contributed by atoms with Crippen LogP contribution < -0.4 is 0 Å². The summed E-state index contributed by atoms with van der Waals surface area (Å²) in [6.45, 7) is 2.28. The van der Waals surface area contributed by atoms with E-state index < -0.39 is 0 Å². The standard InChI is InChI=1S/C18H24O3/c19-5-13-9-1-2-10(14(13)6-20)18-12-4-3-11(17(9)18)15-7-21-8-16(12)15/h1-4,9-20H,5-8H2/t9-,10+,11+,12-,13?,14?,15?,16?,17?,18?. The number of aliphatic hydroxyl groups is 2. The number of fused-ring (bicyclic) bond motifs is 1. The van der Waals surface area contributed by atoms with Gasteiger partial charge in [0.2, 0.25) is 0 Å². The van der Waals surface area contributed by atoms with Gasteiger partial charge in [-0.2, -0.15) is 0 Å². The number of hydrogen-bond donors (Lipinski definition) is 2. The number of hydrogen-bond acceptors (Lipinski definition) is 3. The van der Waals surface area contributed by atoms with E-state index in [9.17, 15) is 10.2 Å².